The first-order chi connectivity index (χ1) is 14.3. The Balaban J connectivity index is 1.13. The minimum atomic E-state index is -0.0640. The number of carbonyl (C=O) groups excluding carboxylic acids is 1. The first-order valence-corrected chi connectivity index (χ1v) is 13.4. The lowest BCUT2D eigenvalue weighted by molar-refractivity contribution is -0.123. The van der Waals surface area contributed by atoms with E-state index in [1.807, 2.05) is 47.0 Å². The Labute approximate surface area is 185 Å². The molecule has 1 aliphatic heterocycles. The summed E-state index contributed by atoms with van der Waals surface area (Å²) in [5.74, 6) is 3.16. The normalized spacial score (nSPS) is 17.0. The number of ether oxygens (including phenoxy) is 1. The lowest BCUT2D eigenvalue weighted by Crippen LogP contribution is -2.29. The van der Waals surface area contributed by atoms with Crippen LogP contribution in [-0.2, 0) is 24.1 Å². The Morgan fingerprint density at radius 2 is 1.90 bits per heavy atom. The fourth-order valence-corrected chi connectivity index (χ4v) is 7.67. The Bertz CT molecular complexity index is 777. The summed E-state index contributed by atoms with van der Waals surface area (Å²) in [6.45, 7) is 0.735. The Hall–Kier alpha value is -1.18. The molecule has 0 spiro atoms. The maximum absolute atomic E-state index is 12.0. The molecular formula is C22H28N2O2S3. The largest absolute Gasteiger partial charge is 0.484 e. The zero-order valence-electron chi connectivity index (χ0n) is 16.7. The average molecular weight is 449 g/mol. The van der Waals surface area contributed by atoms with E-state index in [0.717, 1.165) is 25.0 Å². The molecule has 1 aromatic carbocycles. The van der Waals surface area contributed by atoms with Crippen molar-refractivity contribution in [2.24, 2.45) is 0 Å². The van der Waals surface area contributed by atoms with Crippen molar-refractivity contribution in [2.75, 3.05) is 24.7 Å². The number of nitrogens with one attached hydrogen (secondary N) is 1. The highest BCUT2D eigenvalue weighted by Gasteiger charge is 2.17. The van der Waals surface area contributed by atoms with Crippen molar-refractivity contribution in [1.29, 1.82) is 0 Å². The highest BCUT2D eigenvalue weighted by Crippen LogP contribution is 2.43. The molecule has 0 saturated carbocycles. The number of hydrogen-bond donors (Lipinski definition) is 1. The molecule has 0 radical (unpaired) electrons. The molecule has 1 aromatic heterocycles. The molecule has 4 rings (SSSR count). The molecule has 4 nitrogen and oxygen atoms in total. The zero-order chi connectivity index (χ0) is 19.9. The SMILES string of the molecule is O=C(COc1ccc(C2SCCCS2)cc1)NCCCc1nc2c(s1)CCCC2. The number of amides is 1. The molecule has 1 amide bonds. The topological polar surface area (TPSA) is 51.2 Å². The van der Waals surface area contributed by atoms with Crippen LogP contribution in [0.2, 0.25) is 0 Å². The summed E-state index contributed by atoms with van der Waals surface area (Å²) >= 11 is 5.89. The predicted octanol–water partition coefficient (Wildman–Crippen LogP) is 5.02. The van der Waals surface area contributed by atoms with E-state index >= 15 is 0 Å². The van der Waals surface area contributed by atoms with Crippen molar-refractivity contribution in [3.63, 3.8) is 0 Å². The molecule has 2 aromatic rings. The standard InChI is InChI=1S/C22H28N2O2S3/c25-20(23-12-3-7-21-24-18-5-1-2-6-19(18)29-21)15-26-17-10-8-16(9-11-17)22-27-13-4-14-28-22/h8-11,22H,1-7,12-15H2,(H,23,25). The van der Waals surface area contributed by atoms with E-state index in [-0.39, 0.29) is 12.5 Å². The number of fused-ring (bicyclic) bond motifs is 1. The van der Waals surface area contributed by atoms with Gasteiger partial charge in [-0.05, 0) is 67.7 Å². The summed E-state index contributed by atoms with van der Waals surface area (Å²) in [6.07, 6.45) is 8.06. The second-order valence-corrected chi connectivity index (χ2v) is 11.3. The summed E-state index contributed by atoms with van der Waals surface area (Å²) < 4.78 is 6.18. The van der Waals surface area contributed by atoms with Crippen molar-refractivity contribution in [2.45, 2.75) is 49.5 Å². The van der Waals surface area contributed by atoms with Gasteiger partial charge in [-0.1, -0.05) is 12.1 Å². The molecule has 2 aliphatic rings. The third-order valence-electron chi connectivity index (χ3n) is 5.13. The van der Waals surface area contributed by atoms with Gasteiger partial charge in [0.15, 0.2) is 6.61 Å². The molecule has 1 aliphatic carbocycles. The molecule has 0 unspecified atom stereocenters. The molecule has 1 fully saturated rings. The summed E-state index contributed by atoms with van der Waals surface area (Å²) in [7, 11) is 0. The van der Waals surface area contributed by atoms with Gasteiger partial charge in [0.25, 0.3) is 5.91 Å². The first kappa shape index (κ1) is 21.1. The highest BCUT2D eigenvalue weighted by atomic mass is 32.2. The number of benzene rings is 1. The van der Waals surface area contributed by atoms with Gasteiger partial charge in [-0.2, -0.15) is 0 Å². The molecule has 1 N–H and O–H groups in total. The third kappa shape index (κ3) is 6.15. The molecule has 29 heavy (non-hydrogen) atoms. The molecule has 0 bridgehead atoms. The number of aryl methyl sites for hydroxylation is 3. The number of nitrogens with zero attached hydrogens (tertiary/aromatic N) is 1. The van der Waals surface area contributed by atoms with E-state index < -0.39 is 0 Å². The van der Waals surface area contributed by atoms with Crippen LogP contribution in [0, 0.1) is 0 Å². The zero-order valence-corrected chi connectivity index (χ0v) is 19.1. The van der Waals surface area contributed by atoms with Crippen LogP contribution in [0.25, 0.3) is 0 Å². The van der Waals surface area contributed by atoms with Crippen molar-refractivity contribution < 1.29 is 9.53 Å². The summed E-state index contributed by atoms with van der Waals surface area (Å²) in [5.41, 5.74) is 2.65. The van der Waals surface area contributed by atoms with E-state index in [2.05, 4.69) is 17.4 Å². The van der Waals surface area contributed by atoms with Gasteiger partial charge in [-0.3, -0.25) is 4.79 Å². The van der Waals surface area contributed by atoms with Gasteiger partial charge in [-0.15, -0.1) is 34.9 Å². The molecule has 7 heteroatoms. The number of rotatable bonds is 8. The van der Waals surface area contributed by atoms with Crippen molar-refractivity contribution in [1.82, 2.24) is 10.3 Å². The monoisotopic (exact) mass is 448 g/mol. The van der Waals surface area contributed by atoms with E-state index in [9.17, 15) is 4.79 Å². The van der Waals surface area contributed by atoms with Crippen LogP contribution in [0.4, 0.5) is 0 Å². The van der Waals surface area contributed by atoms with Gasteiger partial charge in [0.1, 0.15) is 5.75 Å². The van der Waals surface area contributed by atoms with Crippen LogP contribution < -0.4 is 10.1 Å². The highest BCUT2D eigenvalue weighted by molar-refractivity contribution is 8.16. The predicted molar refractivity (Wildman–Crippen MR) is 124 cm³/mol. The van der Waals surface area contributed by atoms with Crippen molar-refractivity contribution in [3.8, 4) is 5.75 Å². The van der Waals surface area contributed by atoms with Crippen LogP contribution in [0.15, 0.2) is 24.3 Å². The van der Waals surface area contributed by atoms with Gasteiger partial charge in [0.2, 0.25) is 0 Å². The maximum Gasteiger partial charge on any atom is 0.257 e. The summed E-state index contributed by atoms with van der Waals surface area (Å²) in [5, 5.41) is 4.17. The lowest BCUT2D eigenvalue weighted by Gasteiger charge is -2.21. The number of aromatic nitrogens is 1. The molecule has 1 saturated heterocycles. The van der Waals surface area contributed by atoms with E-state index in [1.165, 1.54) is 58.3 Å². The van der Waals surface area contributed by atoms with E-state index in [4.69, 9.17) is 9.72 Å². The fraction of sp³-hybridized carbons (Fsp3) is 0.545. The minimum Gasteiger partial charge on any atom is -0.484 e. The maximum atomic E-state index is 12.0. The summed E-state index contributed by atoms with van der Waals surface area (Å²) in [6, 6.07) is 8.19. The van der Waals surface area contributed by atoms with Gasteiger partial charge >= 0.3 is 0 Å². The molecular weight excluding hydrogens is 420 g/mol. The third-order valence-corrected chi connectivity index (χ3v) is 9.36. The van der Waals surface area contributed by atoms with Gasteiger partial charge in [0, 0.05) is 17.8 Å². The number of thiazole rings is 1. The molecule has 0 atom stereocenters. The fourth-order valence-electron chi connectivity index (χ4n) is 3.58. The Morgan fingerprint density at radius 3 is 2.69 bits per heavy atom. The number of hydrogen-bond acceptors (Lipinski definition) is 6. The van der Waals surface area contributed by atoms with Crippen LogP contribution in [0.5, 0.6) is 5.75 Å². The Morgan fingerprint density at radius 1 is 1.10 bits per heavy atom. The quantitative estimate of drug-likeness (QED) is 0.575. The van der Waals surface area contributed by atoms with E-state index in [1.54, 1.807) is 0 Å². The van der Waals surface area contributed by atoms with Crippen molar-refractivity contribution in [3.05, 3.63) is 45.4 Å². The number of thioether (sulfide) groups is 2. The molecule has 156 valence electrons. The minimum absolute atomic E-state index is 0.0640. The first-order valence-electron chi connectivity index (χ1n) is 10.5. The number of carbonyl (C=O) groups is 1. The second-order valence-electron chi connectivity index (χ2n) is 7.42. The second kappa shape index (κ2) is 10.7. The average Bonchev–Trinajstić information content (AvgIpc) is 3.19. The lowest BCUT2D eigenvalue weighted by atomic mass is 10.0. The van der Waals surface area contributed by atoms with Crippen LogP contribution >= 0.6 is 34.9 Å². The van der Waals surface area contributed by atoms with Crippen LogP contribution in [0.3, 0.4) is 0 Å². The van der Waals surface area contributed by atoms with Gasteiger partial charge < -0.3 is 10.1 Å². The Kier molecular flexibility index (Phi) is 7.80. The van der Waals surface area contributed by atoms with Crippen LogP contribution in [-0.4, -0.2) is 35.5 Å². The van der Waals surface area contributed by atoms with Gasteiger partial charge in [-0.25, -0.2) is 4.98 Å². The van der Waals surface area contributed by atoms with Crippen LogP contribution in [0.1, 0.15) is 51.4 Å². The van der Waals surface area contributed by atoms with Gasteiger partial charge in [0.05, 0.1) is 15.3 Å². The summed E-state index contributed by atoms with van der Waals surface area (Å²) in [4.78, 5) is 18.3. The van der Waals surface area contributed by atoms with E-state index in [0.29, 0.717) is 11.1 Å². The smallest absolute Gasteiger partial charge is 0.257 e. The molecule has 2 heterocycles. The van der Waals surface area contributed by atoms with Crippen molar-refractivity contribution >= 4 is 40.8 Å².